The number of hydrogen-bond acceptors (Lipinski definition) is 9. The highest BCUT2D eigenvalue weighted by molar-refractivity contribution is 5.90. The molecular weight excluding hydrogens is 587 g/mol. The lowest BCUT2D eigenvalue weighted by Gasteiger charge is -2.53. The zero-order valence-electron chi connectivity index (χ0n) is 25.2. The summed E-state index contributed by atoms with van der Waals surface area (Å²) in [6.07, 6.45) is 5.53. The summed E-state index contributed by atoms with van der Waals surface area (Å²) in [5.74, 6) is -0.0426. The van der Waals surface area contributed by atoms with Crippen molar-refractivity contribution in [3.05, 3.63) is 54.4 Å². The average Bonchev–Trinajstić information content (AvgIpc) is 3.68. The van der Waals surface area contributed by atoms with Crippen LogP contribution in [0.4, 0.5) is 13.2 Å². The lowest BCUT2D eigenvalue weighted by molar-refractivity contribution is -0.141. The first kappa shape index (κ1) is 30.9. The number of aliphatic hydroxyl groups is 1. The van der Waals surface area contributed by atoms with Gasteiger partial charge in [-0.15, -0.1) is 0 Å². The van der Waals surface area contributed by atoms with Gasteiger partial charge < -0.3 is 20.1 Å². The van der Waals surface area contributed by atoms with Crippen LogP contribution in [0.1, 0.15) is 57.2 Å². The minimum atomic E-state index is -4.61. The van der Waals surface area contributed by atoms with Crippen molar-refractivity contribution in [2.24, 2.45) is 0 Å². The van der Waals surface area contributed by atoms with E-state index in [0.717, 1.165) is 41.2 Å². The molecule has 4 aromatic rings. The maximum atomic E-state index is 13.6. The zero-order valence-corrected chi connectivity index (χ0v) is 25.2. The van der Waals surface area contributed by atoms with Crippen LogP contribution in [0.15, 0.2) is 43.1 Å². The second-order valence-corrected chi connectivity index (χ2v) is 12.7. The number of H-pyrrole nitrogens is 1. The zero-order chi connectivity index (χ0) is 31.8. The minimum absolute atomic E-state index is 0.0426. The average molecular weight is 624 g/mol. The number of aliphatic hydroxyl groups excluding tert-OH is 1. The molecule has 3 N–H and O–H groups in total. The maximum Gasteiger partial charge on any atom is 0.433 e. The van der Waals surface area contributed by atoms with E-state index in [1.807, 2.05) is 23.1 Å². The first-order chi connectivity index (χ1) is 21.5. The highest BCUT2D eigenvalue weighted by Gasteiger charge is 2.48. The number of nitriles is 1. The van der Waals surface area contributed by atoms with E-state index in [2.05, 4.69) is 41.3 Å². The summed E-state index contributed by atoms with van der Waals surface area (Å²) in [5.41, 5.74) is 0.682. The Morgan fingerprint density at radius 3 is 2.67 bits per heavy atom. The number of hydrogen-bond donors (Lipinski definition) is 3. The Kier molecular flexibility index (Phi) is 8.28. The quantitative estimate of drug-likeness (QED) is 0.234. The molecule has 2 aliphatic rings. The van der Waals surface area contributed by atoms with Gasteiger partial charge in [0.2, 0.25) is 5.88 Å². The molecule has 0 unspecified atom stereocenters. The topological polar surface area (TPSA) is 141 Å². The molecule has 45 heavy (non-hydrogen) atoms. The van der Waals surface area contributed by atoms with Crippen molar-refractivity contribution in [3.8, 4) is 23.2 Å². The van der Waals surface area contributed by atoms with Gasteiger partial charge >= 0.3 is 6.18 Å². The summed E-state index contributed by atoms with van der Waals surface area (Å²) < 4.78 is 48.7. The Hall–Kier alpha value is -4.06. The molecule has 1 saturated carbocycles. The molecular formula is C31H36F3N9O2. The summed E-state index contributed by atoms with van der Waals surface area (Å²) in [6, 6.07) is 7.10. The lowest BCUT2D eigenvalue weighted by atomic mass is 9.82. The highest BCUT2D eigenvalue weighted by atomic mass is 19.4. The molecule has 0 bridgehead atoms. The van der Waals surface area contributed by atoms with E-state index in [-0.39, 0.29) is 31.2 Å². The van der Waals surface area contributed by atoms with Crippen LogP contribution >= 0.6 is 0 Å². The van der Waals surface area contributed by atoms with Crippen molar-refractivity contribution < 1.29 is 23.0 Å². The number of halogens is 3. The number of aromatic amines is 1. The van der Waals surface area contributed by atoms with Gasteiger partial charge in [-0.3, -0.25) is 9.58 Å². The Balaban J connectivity index is 1.08. The number of nitrogens with zero attached hydrogens (tertiary/aromatic N) is 7. The Labute approximate surface area is 258 Å². The Morgan fingerprint density at radius 2 is 1.96 bits per heavy atom. The van der Waals surface area contributed by atoms with Gasteiger partial charge in [-0.25, -0.2) is 15.0 Å². The normalized spacial score (nSPS) is 20.6. The number of nitrogens with one attached hydrogen (secondary N) is 2. The van der Waals surface area contributed by atoms with Crippen LogP contribution in [0.2, 0.25) is 0 Å². The summed E-state index contributed by atoms with van der Waals surface area (Å²) in [4.78, 5) is 17.9. The van der Waals surface area contributed by atoms with Crippen molar-refractivity contribution in [1.82, 2.24) is 39.9 Å². The SMILES string of the molecule is CC(C)(CO)NCc1cc(OC2CCC(N3CC(CC#N)(n4cc(-c5ncnc6[nH]ccc56)cn4)C3)CC2)nc(C(F)(F)F)c1. The monoisotopic (exact) mass is 623 g/mol. The van der Waals surface area contributed by atoms with Gasteiger partial charge in [-0.05, 0) is 57.2 Å². The molecule has 2 fully saturated rings. The number of rotatable bonds is 10. The van der Waals surface area contributed by atoms with Crippen molar-refractivity contribution in [2.45, 2.75) is 81.9 Å². The molecule has 0 atom stereocenters. The molecule has 14 heteroatoms. The van der Waals surface area contributed by atoms with Gasteiger partial charge in [0.15, 0.2) is 0 Å². The predicted molar refractivity (Wildman–Crippen MR) is 159 cm³/mol. The smallest absolute Gasteiger partial charge is 0.433 e. The number of alkyl halides is 3. The number of fused-ring (bicyclic) bond motifs is 1. The largest absolute Gasteiger partial charge is 0.474 e. The molecule has 5 heterocycles. The van der Waals surface area contributed by atoms with Crippen LogP contribution in [0.25, 0.3) is 22.3 Å². The van der Waals surface area contributed by atoms with E-state index in [1.165, 1.54) is 12.4 Å². The molecule has 4 aromatic heterocycles. The van der Waals surface area contributed by atoms with Crippen LogP contribution in [-0.4, -0.2) is 77.1 Å². The summed E-state index contributed by atoms with van der Waals surface area (Å²) in [5, 5.41) is 27.8. The molecule has 1 aliphatic heterocycles. The van der Waals surface area contributed by atoms with E-state index in [9.17, 15) is 23.5 Å². The van der Waals surface area contributed by atoms with Gasteiger partial charge in [0, 0.05) is 60.6 Å². The predicted octanol–water partition coefficient (Wildman–Crippen LogP) is 4.41. The number of pyridine rings is 1. The van der Waals surface area contributed by atoms with Gasteiger partial charge in [0.1, 0.15) is 29.3 Å². The van der Waals surface area contributed by atoms with E-state index >= 15 is 0 Å². The Morgan fingerprint density at radius 1 is 1.18 bits per heavy atom. The van der Waals surface area contributed by atoms with Crippen LogP contribution < -0.4 is 10.1 Å². The van der Waals surface area contributed by atoms with E-state index in [4.69, 9.17) is 4.74 Å². The molecule has 1 aliphatic carbocycles. The van der Waals surface area contributed by atoms with Gasteiger partial charge in [-0.2, -0.15) is 23.5 Å². The van der Waals surface area contributed by atoms with Crippen LogP contribution in [0.5, 0.6) is 5.88 Å². The van der Waals surface area contributed by atoms with E-state index in [1.54, 1.807) is 20.0 Å². The van der Waals surface area contributed by atoms with Crippen molar-refractivity contribution >= 4 is 11.0 Å². The molecule has 6 rings (SSSR count). The number of likely N-dealkylation sites (tertiary alicyclic amines) is 1. The minimum Gasteiger partial charge on any atom is -0.474 e. The fourth-order valence-electron chi connectivity index (χ4n) is 6.22. The molecule has 0 radical (unpaired) electrons. The van der Waals surface area contributed by atoms with Crippen molar-refractivity contribution in [1.29, 1.82) is 5.26 Å². The summed E-state index contributed by atoms with van der Waals surface area (Å²) >= 11 is 0. The van der Waals surface area contributed by atoms with Gasteiger partial charge in [0.25, 0.3) is 0 Å². The molecule has 0 aromatic carbocycles. The van der Waals surface area contributed by atoms with Crippen LogP contribution in [0, 0.1) is 11.3 Å². The first-order valence-corrected chi connectivity index (χ1v) is 15.0. The third-order valence-electron chi connectivity index (χ3n) is 8.86. The molecule has 11 nitrogen and oxygen atoms in total. The summed E-state index contributed by atoms with van der Waals surface area (Å²) in [6.45, 7) is 4.87. The number of aromatic nitrogens is 6. The Bertz CT molecular complexity index is 1680. The number of ether oxygens (including phenoxy) is 1. The fourth-order valence-corrected chi connectivity index (χ4v) is 6.22. The highest BCUT2D eigenvalue weighted by Crippen LogP contribution is 2.39. The standard InChI is InChI=1S/C31H36F3N9O2/c1-29(2,18-44)39-13-20-11-25(31(32,33)34)41-26(12-20)45-23-5-3-22(4-6-23)42-16-30(17-42,8-9-35)43-15-21(14-40-43)27-24-7-10-36-28(24)38-19-37-27/h7,10-12,14-15,19,22-23,39,44H,3-6,8,13,16-18H2,1-2H3,(H,36,37,38). The van der Waals surface area contributed by atoms with Gasteiger partial charge in [0.05, 0.1) is 31.0 Å². The lowest BCUT2D eigenvalue weighted by Crippen LogP contribution is -2.65. The molecule has 0 spiro atoms. The molecule has 1 saturated heterocycles. The molecule has 238 valence electrons. The van der Waals surface area contributed by atoms with E-state index < -0.39 is 22.9 Å². The van der Waals surface area contributed by atoms with Crippen molar-refractivity contribution in [3.63, 3.8) is 0 Å². The fraction of sp³-hybridized carbons (Fsp3) is 0.516. The first-order valence-electron chi connectivity index (χ1n) is 15.0. The van der Waals surface area contributed by atoms with Crippen molar-refractivity contribution in [2.75, 3.05) is 19.7 Å². The third kappa shape index (κ3) is 6.51. The summed E-state index contributed by atoms with van der Waals surface area (Å²) in [7, 11) is 0. The van der Waals surface area contributed by atoms with Gasteiger partial charge in [-0.1, -0.05) is 0 Å². The van der Waals surface area contributed by atoms with E-state index in [0.29, 0.717) is 37.9 Å². The molecule has 0 amide bonds. The third-order valence-corrected chi connectivity index (χ3v) is 8.86. The maximum absolute atomic E-state index is 13.6. The second kappa shape index (κ2) is 12.0. The second-order valence-electron chi connectivity index (χ2n) is 12.7. The van der Waals surface area contributed by atoms with Crippen LogP contribution in [0.3, 0.4) is 0 Å². The van der Waals surface area contributed by atoms with Crippen LogP contribution in [-0.2, 0) is 18.3 Å².